The van der Waals surface area contributed by atoms with E-state index in [4.69, 9.17) is 11.6 Å². The molecule has 6 heteroatoms. The minimum absolute atomic E-state index is 0.0306. The molecule has 100 valence electrons. The van der Waals surface area contributed by atoms with Crippen LogP contribution >= 0.6 is 38.9 Å². The van der Waals surface area contributed by atoms with E-state index in [0.29, 0.717) is 5.69 Å². The first-order chi connectivity index (χ1) is 9.11. The summed E-state index contributed by atoms with van der Waals surface area (Å²) in [6.07, 6.45) is 0. The number of thiazole rings is 1. The second-order valence-electron chi connectivity index (χ2n) is 4.02. The zero-order valence-electron chi connectivity index (χ0n) is 10.3. The van der Waals surface area contributed by atoms with E-state index in [1.54, 1.807) is 5.38 Å². The highest BCUT2D eigenvalue weighted by atomic mass is 79.9. The second-order valence-corrected chi connectivity index (χ2v) is 5.98. The van der Waals surface area contributed by atoms with Gasteiger partial charge in [0.1, 0.15) is 5.69 Å². The number of ketones is 1. The molecule has 0 aliphatic rings. The Kier molecular flexibility index (Phi) is 4.96. The van der Waals surface area contributed by atoms with E-state index < -0.39 is 0 Å². The van der Waals surface area contributed by atoms with Crippen LogP contribution in [0.3, 0.4) is 0 Å². The molecule has 0 aliphatic carbocycles. The van der Waals surface area contributed by atoms with Gasteiger partial charge in [0.15, 0.2) is 10.9 Å². The van der Waals surface area contributed by atoms with Crippen LogP contribution in [-0.4, -0.2) is 23.7 Å². The number of hydrogen-bond donors (Lipinski definition) is 0. The Morgan fingerprint density at radius 3 is 2.89 bits per heavy atom. The van der Waals surface area contributed by atoms with Crippen LogP contribution in [0, 0.1) is 0 Å². The monoisotopic (exact) mass is 358 g/mol. The average Bonchev–Trinajstić information content (AvgIpc) is 2.90. The first-order valence-corrected chi connectivity index (χ1v) is 7.81. The van der Waals surface area contributed by atoms with Crippen LogP contribution in [0.15, 0.2) is 34.1 Å². The normalized spacial score (nSPS) is 10.5. The number of halogens is 2. The maximum absolute atomic E-state index is 11.4. The lowest BCUT2D eigenvalue weighted by molar-refractivity contribution is 0.101. The third-order valence-electron chi connectivity index (χ3n) is 2.59. The van der Waals surface area contributed by atoms with Gasteiger partial charge in [-0.25, -0.2) is 4.98 Å². The van der Waals surface area contributed by atoms with E-state index in [0.717, 1.165) is 16.1 Å². The van der Waals surface area contributed by atoms with E-state index in [1.165, 1.54) is 16.9 Å². The number of carbonyl (C=O) groups is 1. The van der Waals surface area contributed by atoms with Crippen molar-refractivity contribution in [2.24, 2.45) is 0 Å². The number of benzene rings is 1. The smallest absolute Gasteiger partial charge is 0.196 e. The molecule has 0 N–H and O–H groups in total. The summed E-state index contributed by atoms with van der Waals surface area (Å²) in [5.74, 6) is -0.171. The number of anilines is 1. The summed E-state index contributed by atoms with van der Waals surface area (Å²) in [5, 5.41) is 2.56. The first kappa shape index (κ1) is 14.5. The molecule has 0 aliphatic heterocycles. The lowest BCUT2D eigenvalue weighted by Crippen LogP contribution is -2.16. The van der Waals surface area contributed by atoms with Crippen molar-refractivity contribution in [3.8, 4) is 0 Å². The van der Waals surface area contributed by atoms with E-state index in [-0.39, 0.29) is 11.7 Å². The van der Waals surface area contributed by atoms with Gasteiger partial charge in [-0.3, -0.25) is 4.79 Å². The molecular weight excluding hydrogens is 348 g/mol. The van der Waals surface area contributed by atoms with E-state index in [1.807, 2.05) is 30.1 Å². The van der Waals surface area contributed by atoms with Gasteiger partial charge < -0.3 is 4.90 Å². The third-order valence-corrected chi connectivity index (χ3v) is 4.56. The van der Waals surface area contributed by atoms with Crippen LogP contribution in [-0.2, 0) is 6.54 Å². The van der Waals surface area contributed by atoms with Crippen molar-refractivity contribution >= 4 is 49.8 Å². The van der Waals surface area contributed by atoms with Gasteiger partial charge in [0.2, 0.25) is 0 Å². The van der Waals surface area contributed by atoms with Crippen LogP contribution in [0.25, 0.3) is 0 Å². The van der Waals surface area contributed by atoms with Crippen LogP contribution in [0.1, 0.15) is 16.1 Å². The lowest BCUT2D eigenvalue weighted by atomic mass is 10.2. The maximum Gasteiger partial charge on any atom is 0.196 e. The topological polar surface area (TPSA) is 33.2 Å². The van der Waals surface area contributed by atoms with Gasteiger partial charge in [0, 0.05) is 23.4 Å². The molecule has 0 bridgehead atoms. The van der Waals surface area contributed by atoms with Crippen molar-refractivity contribution < 1.29 is 4.79 Å². The zero-order valence-corrected chi connectivity index (χ0v) is 13.4. The fraction of sp³-hybridized carbons (Fsp3) is 0.231. The average molecular weight is 360 g/mol. The largest absolute Gasteiger partial charge is 0.347 e. The van der Waals surface area contributed by atoms with Gasteiger partial charge in [-0.15, -0.1) is 22.9 Å². The van der Waals surface area contributed by atoms with Crippen molar-refractivity contribution in [3.05, 3.63) is 45.4 Å². The first-order valence-electron chi connectivity index (χ1n) is 5.61. The van der Waals surface area contributed by atoms with Crippen molar-refractivity contribution in [1.29, 1.82) is 0 Å². The summed E-state index contributed by atoms with van der Waals surface area (Å²) >= 11 is 10.5. The summed E-state index contributed by atoms with van der Waals surface area (Å²) in [6.45, 7) is 0.726. The molecule has 0 radical (unpaired) electrons. The van der Waals surface area contributed by atoms with Crippen molar-refractivity contribution in [3.63, 3.8) is 0 Å². The van der Waals surface area contributed by atoms with E-state index in [9.17, 15) is 4.79 Å². The Morgan fingerprint density at radius 2 is 2.21 bits per heavy atom. The molecule has 3 nitrogen and oxygen atoms in total. The van der Waals surface area contributed by atoms with Crippen molar-refractivity contribution in [2.75, 3.05) is 17.8 Å². The molecule has 1 aromatic carbocycles. The number of Topliss-reactive ketones (excluding diaryl/α,β-unsaturated/α-hetero) is 1. The molecule has 0 spiro atoms. The molecule has 1 heterocycles. The minimum Gasteiger partial charge on any atom is -0.347 e. The molecule has 0 saturated carbocycles. The SMILES string of the molecule is CN(Cc1ccccc1Br)c1nc(C(=O)CCl)cs1. The highest BCUT2D eigenvalue weighted by molar-refractivity contribution is 9.10. The molecule has 0 unspecified atom stereocenters. The van der Waals surface area contributed by atoms with Crippen molar-refractivity contribution in [1.82, 2.24) is 4.98 Å². The molecule has 0 saturated heterocycles. The Balaban J connectivity index is 2.12. The van der Waals surface area contributed by atoms with Gasteiger partial charge in [0.25, 0.3) is 0 Å². The van der Waals surface area contributed by atoms with E-state index in [2.05, 4.69) is 27.0 Å². The highest BCUT2D eigenvalue weighted by Crippen LogP contribution is 2.24. The van der Waals surface area contributed by atoms with Crippen LogP contribution in [0.2, 0.25) is 0 Å². The molecular formula is C13H12BrClN2OS. The minimum atomic E-state index is -0.140. The predicted octanol–water partition coefficient (Wildman–Crippen LogP) is 3.96. The Labute approximate surface area is 129 Å². The van der Waals surface area contributed by atoms with Crippen molar-refractivity contribution in [2.45, 2.75) is 6.54 Å². The zero-order chi connectivity index (χ0) is 13.8. The molecule has 0 fully saturated rings. The summed E-state index contributed by atoms with van der Waals surface area (Å²) in [6, 6.07) is 8.04. The van der Waals surface area contributed by atoms with E-state index >= 15 is 0 Å². The summed E-state index contributed by atoms with van der Waals surface area (Å²) in [5.41, 5.74) is 1.61. The van der Waals surface area contributed by atoms with Crippen LogP contribution in [0.4, 0.5) is 5.13 Å². The second kappa shape index (κ2) is 6.50. The van der Waals surface area contributed by atoms with Crippen LogP contribution in [0.5, 0.6) is 0 Å². The fourth-order valence-corrected chi connectivity index (χ4v) is 2.93. The van der Waals surface area contributed by atoms with Gasteiger partial charge >= 0.3 is 0 Å². The number of nitrogens with zero attached hydrogens (tertiary/aromatic N) is 2. The molecule has 0 amide bonds. The highest BCUT2D eigenvalue weighted by Gasteiger charge is 2.13. The van der Waals surface area contributed by atoms with Gasteiger partial charge in [0.05, 0.1) is 5.88 Å². The van der Waals surface area contributed by atoms with Gasteiger partial charge in [-0.05, 0) is 11.6 Å². The summed E-state index contributed by atoms with van der Waals surface area (Å²) in [4.78, 5) is 17.8. The molecule has 0 atom stereocenters. The number of aromatic nitrogens is 1. The standard InChI is InChI=1S/C13H12BrClN2OS/c1-17(7-9-4-2-3-5-10(9)14)13-16-11(8-19-13)12(18)6-15/h2-5,8H,6-7H2,1H3. The maximum atomic E-state index is 11.4. The number of hydrogen-bond acceptors (Lipinski definition) is 4. The molecule has 19 heavy (non-hydrogen) atoms. The number of rotatable bonds is 5. The summed E-state index contributed by atoms with van der Waals surface area (Å²) < 4.78 is 1.07. The third kappa shape index (κ3) is 3.55. The number of carbonyl (C=O) groups excluding carboxylic acids is 1. The molecule has 2 rings (SSSR count). The Hall–Kier alpha value is -0.910. The number of alkyl halides is 1. The Bertz CT molecular complexity index is 588. The molecule has 1 aromatic heterocycles. The fourth-order valence-electron chi connectivity index (χ4n) is 1.59. The molecule has 2 aromatic rings. The summed E-state index contributed by atoms with van der Waals surface area (Å²) in [7, 11) is 1.95. The van der Waals surface area contributed by atoms with Gasteiger partial charge in [-0.1, -0.05) is 34.1 Å². The van der Waals surface area contributed by atoms with Gasteiger partial charge in [-0.2, -0.15) is 0 Å². The predicted molar refractivity (Wildman–Crippen MR) is 83.4 cm³/mol. The lowest BCUT2D eigenvalue weighted by Gasteiger charge is -2.16. The Morgan fingerprint density at radius 1 is 1.47 bits per heavy atom. The quantitative estimate of drug-likeness (QED) is 0.598. The van der Waals surface area contributed by atoms with Crippen LogP contribution < -0.4 is 4.90 Å².